The Kier molecular flexibility index (Phi) is 7.41. The minimum Gasteiger partial charge on any atom is -0.0891 e. The quantitative estimate of drug-likeness (QED) is 0.509. The summed E-state index contributed by atoms with van der Waals surface area (Å²) in [6.45, 7) is 4.24. The largest absolute Gasteiger partial charge is 0.0891 e. The number of hydrogen-bond donors (Lipinski definition) is 0. The summed E-state index contributed by atoms with van der Waals surface area (Å²) in [7, 11) is 0. The third kappa shape index (κ3) is 7.12. The summed E-state index contributed by atoms with van der Waals surface area (Å²) in [5, 5.41) is 0. The van der Waals surface area contributed by atoms with Crippen LogP contribution in [0.4, 0.5) is 0 Å². The Labute approximate surface area is 64.0 Å². The van der Waals surface area contributed by atoms with Gasteiger partial charge in [0.2, 0.25) is 0 Å². The van der Waals surface area contributed by atoms with Crippen molar-refractivity contribution in [3.05, 3.63) is 0 Å². The molecule has 0 bridgehead atoms. The summed E-state index contributed by atoms with van der Waals surface area (Å²) in [5.41, 5.74) is 0. The SMILES string of the molecule is CCCC#CC#CCCC. The number of hydrogen-bond acceptors (Lipinski definition) is 0. The number of unbranched alkanes of at least 4 members (excludes halogenated alkanes) is 2. The highest BCUT2D eigenvalue weighted by atomic mass is 13.7. The van der Waals surface area contributed by atoms with Crippen molar-refractivity contribution in [2.24, 2.45) is 0 Å². The molecule has 0 saturated carbocycles. The van der Waals surface area contributed by atoms with Gasteiger partial charge in [-0.1, -0.05) is 25.7 Å². The molecule has 0 aromatic rings. The fourth-order valence-corrected chi connectivity index (χ4v) is 0.463. The highest BCUT2D eigenvalue weighted by Gasteiger charge is 1.68. The van der Waals surface area contributed by atoms with Crippen molar-refractivity contribution in [3.63, 3.8) is 0 Å². The van der Waals surface area contributed by atoms with Gasteiger partial charge in [0.1, 0.15) is 0 Å². The maximum atomic E-state index is 2.97. The van der Waals surface area contributed by atoms with Gasteiger partial charge in [0.25, 0.3) is 0 Å². The smallest absolute Gasteiger partial charge is 0.00963 e. The molecule has 0 aromatic carbocycles. The first-order chi connectivity index (χ1) is 4.91. The maximum Gasteiger partial charge on any atom is 0.00963 e. The third-order valence-corrected chi connectivity index (χ3v) is 0.989. The molecule has 0 heteroatoms. The molecular formula is C10H14. The van der Waals surface area contributed by atoms with E-state index in [1.165, 1.54) is 0 Å². The summed E-state index contributed by atoms with van der Waals surface area (Å²) in [4.78, 5) is 0. The summed E-state index contributed by atoms with van der Waals surface area (Å²) < 4.78 is 0. The van der Waals surface area contributed by atoms with Crippen molar-refractivity contribution in [1.29, 1.82) is 0 Å². The van der Waals surface area contributed by atoms with Gasteiger partial charge in [-0.25, -0.2) is 0 Å². The highest BCUT2D eigenvalue weighted by Crippen LogP contribution is 1.81. The van der Waals surface area contributed by atoms with Crippen molar-refractivity contribution in [2.45, 2.75) is 39.5 Å². The van der Waals surface area contributed by atoms with E-state index >= 15 is 0 Å². The Bertz CT molecular complexity index is 146. The van der Waals surface area contributed by atoms with E-state index in [2.05, 4.69) is 37.5 Å². The van der Waals surface area contributed by atoms with Gasteiger partial charge in [-0.15, -0.1) is 0 Å². The van der Waals surface area contributed by atoms with E-state index < -0.39 is 0 Å². The van der Waals surface area contributed by atoms with Crippen LogP contribution in [0.3, 0.4) is 0 Å². The van der Waals surface area contributed by atoms with Crippen LogP contribution < -0.4 is 0 Å². The van der Waals surface area contributed by atoms with Gasteiger partial charge >= 0.3 is 0 Å². The molecule has 0 N–H and O–H groups in total. The molecule has 54 valence electrons. The lowest BCUT2D eigenvalue weighted by atomic mass is 10.3. The number of rotatable bonds is 2. The predicted molar refractivity (Wildman–Crippen MR) is 45.4 cm³/mol. The van der Waals surface area contributed by atoms with Gasteiger partial charge in [-0.3, -0.25) is 0 Å². The second kappa shape index (κ2) is 8.12. The van der Waals surface area contributed by atoms with Crippen LogP contribution >= 0.6 is 0 Å². The zero-order chi connectivity index (χ0) is 7.66. The highest BCUT2D eigenvalue weighted by molar-refractivity contribution is 5.25. The summed E-state index contributed by atoms with van der Waals surface area (Å²) >= 11 is 0. The van der Waals surface area contributed by atoms with Gasteiger partial charge in [0.15, 0.2) is 0 Å². The average molecular weight is 134 g/mol. The maximum absolute atomic E-state index is 2.97. The van der Waals surface area contributed by atoms with Crippen LogP contribution in [0.15, 0.2) is 0 Å². The normalized spacial score (nSPS) is 7.00. The fourth-order valence-electron chi connectivity index (χ4n) is 0.463. The Balaban J connectivity index is 3.36. The van der Waals surface area contributed by atoms with E-state index in [0.717, 1.165) is 25.7 Å². The molecule has 0 fully saturated rings. The zero-order valence-electron chi connectivity index (χ0n) is 6.83. The van der Waals surface area contributed by atoms with Crippen LogP contribution in [0.2, 0.25) is 0 Å². The first kappa shape index (κ1) is 9.12. The predicted octanol–water partition coefficient (Wildman–Crippen LogP) is 2.59. The topological polar surface area (TPSA) is 0 Å². The Morgan fingerprint density at radius 2 is 1.20 bits per heavy atom. The second-order valence-electron chi connectivity index (χ2n) is 2.10. The lowest BCUT2D eigenvalue weighted by Crippen LogP contribution is -1.62. The molecule has 0 nitrogen and oxygen atoms in total. The summed E-state index contributed by atoms with van der Waals surface area (Å²) in [5.74, 6) is 11.6. The second-order valence-corrected chi connectivity index (χ2v) is 2.10. The van der Waals surface area contributed by atoms with Crippen LogP contribution in [0.5, 0.6) is 0 Å². The zero-order valence-corrected chi connectivity index (χ0v) is 6.83. The van der Waals surface area contributed by atoms with E-state index in [0.29, 0.717) is 0 Å². The molecule has 0 aliphatic heterocycles. The van der Waals surface area contributed by atoms with Crippen LogP contribution in [0, 0.1) is 23.7 Å². The molecule has 0 spiro atoms. The molecule has 0 aliphatic rings. The van der Waals surface area contributed by atoms with Crippen LogP contribution in [0.25, 0.3) is 0 Å². The lowest BCUT2D eigenvalue weighted by Gasteiger charge is -1.74. The molecular weight excluding hydrogens is 120 g/mol. The lowest BCUT2D eigenvalue weighted by molar-refractivity contribution is 0.982. The van der Waals surface area contributed by atoms with E-state index in [1.807, 2.05) is 0 Å². The fraction of sp³-hybridized carbons (Fsp3) is 0.600. The molecule has 0 aliphatic carbocycles. The minimum atomic E-state index is 0.973. The van der Waals surface area contributed by atoms with E-state index in [9.17, 15) is 0 Å². The van der Waals surface area contributed by atoms with E-state index in [4.69, 9.17) is 0 Å². The first-order valence-electron chi connectivity index (χ1n) is 3.87. The monoisotopic (exact) mass is 134 g/mol. The third-order valence-electron chi connectivity index (χ3n) is 0.989. The van der Waals surface area contributed by atoms with Gasteiger partial charge in [-0.05, 0) is 24.7 Å². The Morgan fingerprint density at radius 1 is 0.800 bits per heavy atom. The van der Waals surface area contributed by atoms with Crippen LogP contribution in [-0.4, -0.2) is 0 Å². The molecule has 0 radical (unpaired) electrons. The van der Waals surface area contributed by atoms with Gasteiger partial charge in [0.05, 0.1) is 0 Å². The van der Waals surface area contributed by atoms with Crippen molar-refractivity contribution in [3.8, 4) is 23.7 Å². The molecule has 0 amide bonds. The molecule has 0 rings (SSSR count). The standard InChI is InChI=1S/C10H14/c1-3-5-7-9-10-8-6-4-2/h3-6H2,1-2H3. The minimum absolute atomic E-state index is 0.973. The van der Waals surface area contributed by atoms with Crippen LogP contribution in [0.1, 0.15) is 39.5 Å². The van der Waals surface area contributed by atoms with E-state index in [-0.39, 0.29) is 0 Å². The van der Waals surface area contributed by atoms with Crippen molar-refractivity contribution < 1.29 is 0 Å². The summed E-state index contributed by atoms with van der Waals surface area (Å²) in [6, 6.07) is 0. The van der Waals surface area contributed by atoms with Crippen LogP contribution in [-0.2, 0) is 0 Å². The molecule has 0 atom stereocenters. The summed E-state index contributed by atoms with van der Waals surface area (Å²) in [6.07, 6.45) is 4.20. The Morgan fingerprint density at radius 3 is 1.50 bits per heavy atom. The molecule has 0 saturated heterocycles. The Hall–Kier alpha value is -0.880. The molecule has 0 aromatic heterocycles. The van der Waals surface area contributed by atoms with Crippen molar-refractivity contribution in [2.75, 3.05) is 0 Å². The van der Waals surface area contributed by atoms with E-state index in [1.54, 1.807) is 0 Å². The molecule has 0 heterocycles. The molecule has 0 unspecified atom stereocenters. The first-order valence-corrected chi connectivity index (χ1v) is 3.87. The van der Waals surface area contributed by atoms with Crippen molar-refractivity contribution >= 4 is 0 Å². The molecule has 10 heavy (non-hydrogen) atoms. The van der Waals surface area contributed by atoms with Gasteiger partial charge in [0, 0.05) is 12.8 Å². The van der Waals surface area contributed by atoms with Gasteiger partial charge < -0.3 is 0 Å². The van der Waals surface area contributed by atoms with Gasteiger partial charge in [-0.2, -0.15) is 0 Å². The van der Waals surface area contributed by atoms with Crippen molar-refractivity contribution in [1.82, 2.24) is 0 Å². The average Bonchev–Trinajstić information content (AvgIpc) is 1.97.